The van der Waals surface area contributed by atoms with Gasteiger partial charge in [0.15, 0.2) is 5.13 Å². The standard InChI is InChI=1S/C13H15N3OS/c1-2-9-6-15-10-5-8(3-4-12(10)17-9)11-7-18-13(14)16-11/h3-5,7,9,15H,2,6H2,1H3,(H2,14,16). The van der Waals surface area contributed by atoms with Gasteiger partial charge in [-0.05, 0) is 24.6 Å². The van der Waals surface area contributed by atoms with Gasteiger partial charge in [0.1, 0.15) is 11.9 Å². The zero-order valence-electron chi connectivity index (χ0n) is 10.1. The predicted octanol–water partition coefficient (Wildman–Crippen LogP) is 2.98. The first kappa shape index (κ1) is 11.3. The van der Waals surface area contributed by atoms with E-state index in [0.717, 1.165) is 35.7 Å². The molecule has 2 aromatic rings. The second-order valence-corrected chi connectivity index (χ2v) is 5.20. The van der Waals surface area contributed by atoms with Crippen molar-refractivity contribution in [3.63, 3.8) is 0 Å². The number of nitrogen functional groups attached to an aromatic ring is 1. The summed E-state index contributed by atoms with van der Waals surface area (Å²) in [6.45, 7) is 2.98. The number of nitrogens with one attached hydrogen (secondary N) is 1. The van der Waals surface area contributed by atoms with Gasteiger partial charge in [-0.25, -0.2) is 4.98 Å². The molecule has 1 aliphatic rings. The average molecular weight is 261 g/mol. The van der Waals surface area contributed by atoms with E-state index in [1.807, 2.05) is 17.5 Å². The van der Waals surface area contributed by atoms with Crippen LogP contribution in [-0.4, -0.2) is 17.6 Å². The van der Waals surface area contributed by atoms with Crippen molar-refractivity contribution in [1.29, 1.82) is 0 Å². The number of benzene rings is 1. The van der Waals surface area contributed by atoms with Crippen LogP contribution in [0.25, 0.3) is 11.3 Å². The highest BCUT2D eigenvalue weighted by molar-refractivity contribution is 7.13. The summed E-state index contributed by atoms with van der Waals surface area (Å²) in [7, 11) is 0. The van der Waals surface area contributed by atoms with E-state index in [9.17, 15) is 0 Å². The Kier molecular flexibility index (Phi) is 2.83. The maximum absolute atomic E-state index is 5.87. The monoisotopic (exact) mass is 261 g/mol. The Morgan fingerprint density at radius 3 is 3.17 bits per heavy atom. The zero-order chi connectivity index (χ0) is 12.5. The normalized spacial score (nSPS) is 17.7. The van der Waals surface area contributed by atoms with Crippen molar-refractivity contribution >= 4 is 22.2 Å². The topological polar surface area (TPSA) is 60.2 Å². The molecule has 1 unspecified atom stereocenters. The summed E-state index contributed by atoms with van der Waals surface area (Å²) >= 11 is 1.46. The Morgan fingerprint density at radius 2 is 2.44 bits per heavy atom. The van der Waals surface area contributed by atoms with Gasteiger partial charge >= 0.3 is 0 Å². The van der Waals surface area contributed by atoms with Crippen LogP contribution in [0.4, 0.5) is 10.8 Å². The van der Waals surface area contributed by atoms with Crippen LogP contribution < -0.4 is 15.8 Å². The first-order valence-electron chi connectivity index (χ1n) is 6.02. The summed E-state index contributed by atoms with van der Waals surface area (Å²) in [5.74, 6) is 0.917. The summed E-state index contributed by atoms with van der Waals surface area (Å²) in [5, 5.41) is 5.96. The molecule has 3 N–H and O–H groups in total. The lowest BCUT2D eigenvalue weighted by Gasteiger charge is -2.26. The van der Waals surface area contributed by atoms with Crippen molar-refractivity contribution in [2.24, 2.45) is 0 Å². The molecule has 2 heterocycles. The van der Waals surface area contributed by atoms with E-state index in [0.29, 0.717) is 5.13 Å². The molecule has 94 valence electrons. The van der Waals surface area contributed by atoms with E-state index in [4.69, 9.17) is 10.5 Å². The number of rotatable bonds is 2. The second kappa shape index (κ2) is 4.49. The molecule has 0 radical (unpaired) electrons. The summed E-state index contributed by atoms with van der Waals surface area (Å²) in [6.07, 6.45) is 1.27. The van der Waals surface area contributed by atoms with Crippen LogP contribution in [0.3, 0.4) is 0 Å². The molecule has 1 aliphatic heterocycles. The maximum Gasteiger partial charge on any atom is 0.180 e. The first-order chi connectivity index (χ1) is 8.76. The van der Waals surface area contributed by atoms with Crippen molar-refractivity contribution < 1.29 is 4.74 Å². The van der Waals surface area contributed by atoms with E-state index in [1.165, 1.54) is 11.3 Å². The van der Waals surface area contributed by atoms with Gasteiger partial charge in [-0.2, -0.15) is 0 Å². The first-order valence-corrected chi connectivity index (χ1v) is 6.90. The summed E-state index contributed by atoms with van der Waals surface area (Å²) in [4.78, 5) is 4.29. The molecular formula is C13H15N3OS. The molecule has 1 aromatic carbocycles. The molecule has 0 saturated heterocycles. The Labute approximate surface area is 110 Å². The van der Waals surface area contributed by atoms with Gasteiger partial charge in [-0.15, -0.1) is 11.3 Å². The zero-order valence-corrected chi connectivity index (χ0v) is 11.0. The number of aromatic nitrogens is 1. The van der Waals surface area contributed by atoms with Crippen LogP contribution in [0.1, 0.15) is 13.3 Å². The Bertz CT molecular complexity index is 567. The largest absolute Gasteiger partial charge is 0.486 e. The summed E-state index contributed by atoms with van der Waals surface area (Å²) < 4.78 is 5.87. The van der Waals surface area contributed by atoms with Crippen molar-refractivity contribution in [2.75, 3.05) is 17.6 Å². The third-order valence-corrected chi connectivity index (χ3v) is 3.74. The highest BCUT2D eigenvalue weighted by atomic mass is 32.1. The third kappa shape index (κ3) is 2.01. The fourth-order valence-electron chi connectivity index (χ4n) is 2.02. The molecule has 5 heteroatoms. The lowest BCUT2D eigenvalue weighted by Crippen LogP contribution is -2.29. The van der Waals surface area contributed by atoms with Gasteiger partial charge in [0, 0.05) is 10.9 Å². The number of hydrogen-bond acceptors (Lipinski definition) is 5. The van der Waals surface area contributed by atoms with Crippen molar-refractivity contribution in [3.05, 3.63) is 23.6 Å². The molecule has 0 saturated carbocycles. The Morgan fingerprint density at radius 1 is 1.56 bits per heavy atom. The van der Waals surface area contributed by atoms with Gasteiger partial charge in [0.2, 0.25) is 0 Å². The summed E-state index contributed by atoms with van der Waals surface area (Å²) in [5.41, 5.74) is 8.67. The molecule has 0 bridgehead atoms. The molecular weight excluding hydrogens is 246 g/mol. The Balaban J connectivity index is 1.92. The van der Waals surface area contributed by atoms with Crippen molar-refractivity contribution in [2.45, 2.75) is 19.4 Å². The fraction of sp³-hybridized carbons (Fsp3) is 0.308. The molecule has 3 rings (SSSR count). The van der Waals surface area contributed by atoms with E-state index < -0.39 is 0 Å². The smallest absolute Gasteiger partial charge is 0.180 e. The van der Waals surface area contributed by atoms with Gasteiger partial charge in [0.25, 0.3) is 0 Å². The highest BCUT2D eigenvalue weighted by Gasteiger charge is 2.18. The number of thiazole rings is 1. The van der Waals surface area contributed by atoms with E-state index in [2.05, 4.69) is 23.3 Å². The number of ether oxygens (including phenoxy) is 1. The van der Waals surface area contributed by atoms with Gasteiger partial charge < -0.3 is 15.8 Å². The van der Waals surface area contributed by atoms with Gasteiger partial charge in [0.05, 0.1) is 17.9 Å². The van der Waals surface area contributed by atoms with Crippen LogP contribution in [-0.2, 0) is 0 Å². The number of fused-ring (bicyclic) bond motifs is 1. The van der Waals surface area contributed by atoms with E-state index in [-0.39, 0.29) is 6.10 Å². The molecule has 0 spiro atoms. The molecule has 0 amide bonds. The van der Waals surface area contributed by atoms with Gasteiger partial charge in [-0.1, -0.05) is 6.92 Å². The van der Waals surface area contributed by atoms with Crippen molar-refractivity contribution in [3.8, 4) is 17.0 Å². The number of hydrogen-bond donors (Lipinski definition) is 2. The Hall–Kier alpha value is -1.75. The third-order valence-electron chi connectivity index (χ3n) is 3.07. The van der Waals surface area contributed by atoms with Gasteiger partial charge in [-0.3, -0.25) is 0 Å². The van der Waals surface area contributed by atoms with Crippen LogP contribution in [0.2, 0.25) is 0 Å². The summed E-state index contributed by atoms with van der Waals surface area (Å²) in [6, 6.07) is 6.08. The molecule has 0 aliphatic carbocycles. The van der Waals surface area contributed by atoms with Crippen LogP contribution >= 0.6 is 11.3 Å². The van der Waals surface area contributed by atoms with Crippen LogP contribution in [0, 0.1) is 0 Å². The number of nitrogens with two attached hydrogens (primary N) is 1. The minimum absolute atomic E-state index is 0.262. The quantitative estimate of drug-likeness (QED) is 0.872. The van der Waals surface area contributed by atoms with Crippen molar-refractivity contribution in [1.82, 2.24) is 4.98 Å². The minimum Gasteiger partial charge on any atom is -0.486 e. The lowest BCUT2D eigenvalue weighted by atomic mass is 10.1. The fourth-order valence-corrected chi connectivity index (χ4v) is 2.60. The molecule has 1 atom stereocenters. The predicted molar refractivity (Wildman–Crippen MR) is 75.2 cm³/mol. The van der Waals surface area contributed by atoms with E-state index >= 15 is 0 Å². The number of anilines is 2. The van der Waals surface area contributed by atoms with E-state index in [1.54, 1.807) is 0 Å². The average Bonchev–Trinajstić information content (AvgIpc) is 2.84. The van der Waals surface area contributed by atoms with Crippen LogP contribution in [0.15, 0.2) is 23.6 Å². The molecule has 1 aromatic heterocycles. The number of nitrogens with zero attached hydrogens (tertiary/aromatic N) is 1. The second-order valence-electron chi connectivity index (χ2n) is 4.31. The lowest BCUT2D eigenvalue weighted by molar-refractivity contribution is 0.202. The van der Waals surface area contributed by atoms with Crippen LogP contribution in [0.5, 0.6) is 5.75 Å². The SMILES string of the molecule is CCC1CNc2cc(-c3csc(N)n3)ccc2O1. The maximum atomic E-state index is 5.87. The molecule has 0 fully saturated rings. The molecule has 18 heavy (non-hydrogen) atoms. The minimum atomic E-state index is 0.262. The molecule has 4 nitrogen and oxygen atoms in total. The highest BCUT2D eigenvalue weighted by Crippen LogP contribution is 2.34.